The third-order valence-corrected chi connectivity index (χ3v) is 2.30. The van der Waals surface area contributed by atoms with E-state index >= 15 is 0 Å². The van der Waals surface area contributed by atoms with Gasteiger partial charge in [0.1, 0.15) is 11.8 Å². The maximum absolute atomic E-state index is 10.5. The number of aliphatic hydroxyl groups excluding tert-OH is 1. The van der Waals surface area contributed by atoms with Gasteiger partial charge >= 0.3 is 5.97 Å². The molecule has 1 aromatic carbocycles. The normalized spacial score (nSPS) is 14.2. The Balaban J connectivity index is 2.62. The Morgan fingerprint density at radius 2 is 2.00 bits per heavy atom. The molecule has 0 spiro atoms. The fourth-order valence-corrected chi connectivity index (χ4v) is 1.29. The summed E-state index contributed by atoms with van der Waals surface area (Å²) in [6, 6.07) is 5.75. The van der Waals surface area contributed by atoms with Gasteiger partial charge in [0.05, 0.1) is 13.2 Å². The van der Waals surface area contributed by atoms with Gasteiger partial charge in [-0.1, -0.05) is 12.1 Å². The minimum Gasteiger partial charge on any atom is -0.497 e. The van der Waals surface area contributed by atoms with Crippen LogP contribution < -0.4 is 10.5 Å². The smallest absolute Gasteiger partial charge is 0.323 e. The maximum atomic E-state index is 10.5. The summed E-state index contributed by atoms with van der Waals surface area (Å²) < 4.78 is 4.98. The third-order valence-electron chi connectivity index (χ3n) is 2.30. The van der Waals surface area contributed by atoms with E-state index in [2.05, 4.69) is 0 Å². The number of benzene rings is 1. The Bertz CT molecular complexity index is 350. The lowest BCUT2D eigenvalue weighted by molar-refractivity contribution is -0.141. The van der Waals surface area contributed by atoms with Gasteiger partial charge in [-0.15, -0.1) is 0 Å². The van der Waals surface area contributed by atoms with Crippen LogP contribution in [0.25, 0.3) is 0 Å². The summed E-state index contributed by atoms with van der Waals surface area (Å²) in [6.07, 6.45) is -0.886. The second kappa shape index (κ2) is 5.48. The molecular formula is C11H15NO4. The average Bonchev–Trinajstić information content (AvgIpc) is 2.28. The molecule has 0 heterocycles. The van der Waals surface area contributed by atoms with Crippen molar-refractivity contribution in [3.05, 3.63) is 29.8 Å². The van der Waals surface area contributed by atoms with Crippen LogP contribution in [-0.4, -0.2) is 35.4 Å². The van der Waals surface area contributed by atoms with Crippen LogP contribution in [0.2, 0.25) is 0 Å². The second-order valence-corrected chi connectivity index (χ2v) is 3.48. The fraction of sp³-hybridized carbons (Fsp3) is 0.364. The first-order chi connectivity index (χ1) is 7.54. The number of hydrogen-bond donors (Lipinski definition) is 3. The zero-order valence-corrected chi connectivity index (χ0v) is 8.96. The van der Waals surface area contributed by atoms with E-state index in [0.717, 1.165) is 5.56 Å². The zero-order chi connectivity index (χ0) is 12.1. The molecular weight excluding hydrogens is 210 g/mol. The first kappa shape index (κ1) is 12.5. The Labute approximate surface area is 93.5 Å². The maximum Gasteiger partial charge on any atom is 0.323 e. The highest BCUT2D eigenvalue weighted by molar-refractivity contribution is 5.73. The van der Waals surface area contributed by atoms with Crippen molar-refractivity contribution in [3.63, 3.8) is 0 Å². The van der Waals surface area contributed by atoms with Crippen LogP contribution in [0.3, 0.4) is 0 Å². The van der Waals surface area contributed by atoms with Gasteiger partial charge in [0.2, 0.25) is 0 Å². The van der Waals surface area contributed by atoms with Crippen LogP contribution in [-0.2, 0) is 11.2 Å². The van der Waals surface area contributed by atoms with E-state index in [-0.39, 0.29) is 6.42 Å². The van der Waals surface area contributed by atoms with Crippen LogP contribution >= 0.6 is 0 Å². The predicted molar refractivity (Wildman–Crippen MR) is 58.3 cm³/mol. The number of carboxylic acid groups (broad SMARTS) is 1. The molecule has 1 aromatic rings. The average molecular weight is 225 g/mol. The highest BCUT2D eigenvalue weighted by atomic mass is 16.5. The molecule has 0 aliphatic rings. The van der Waals surface area contributed by atoms with E-state index in [1.165, 1.54) is 0 Å². The molecule has 0 unspecified atom stereocenters. The molecule has 0 aliphatic carbocycles. The Morgan fingerprint density at radius 3 is 2.44 bits per heavy atom. The van der Waals surface area contributed by atoms with Crippen molar-refractivity contribution in [2.45, 2.75) is 18.6 Å². The predicted octanol–water partition coefficient (Wildman–Crippen LogP) is 0.0105. The van der Waals surface area contributed by atoms with E-state index in [0.29, 0.717) is 5.75 Å². The van der Waals surface area contributed by atoms with Gasteiger partial charge in [0.15, 0.2) is 0 Å². The van der Waals surface area contributed by atoms with Crippen molar-refractivity contribution in [3.8, 4) is 5.75 Å². The highest BCUT2D eigenvalue weighted by Gasteiger charge is 2.21. The van der Waals surface area contributed by atoms with Gasteiger partial charge < -0.3 is 20.7 Å². The molecule has 5 heteroatoms. The van der Waals surface area contributed by atoms with E-state index in [4.69, 9.17) is 15.6 Å². The molecule has 0 fully saturated rings. The number of ether oxygens (including phenoxy) is 1. The second-order valence-electron chi connectivity index (χ2n) is 3.48. The van der Waals surface area contributed by atoms with Crippen LogP contribution in [0, 0.1) is 0 Å². The number of hydrogen-bond acceptors (Lipinski definition) is 4. The van der Waals surface area contributed by atoms with Crippen LogP contribution in [0.1, 0.15) is 5.56 Å². The summed E-state index contributed by atoms with van der Waals surface area (Å²) in [5, 5.41) is 18.1. The number of aliphatic carboxylic acids is 1. The fourth-order valence-electron chi connectivity index (χ4n) is 1.29. The van der Waals surface area contributed by atoms with Crippen molar-refractivity contribution < 1.29 is 19.7 Å². The number of methoxy groups -OCH3 is 1. The van der Waals surface area contributed by atoms with E-state index < -0.39 is 18.1 Å². The van der Waals surface area contributed by atoms with Crippen molar-refractivity contribution in [1.29, 1.82) is 0 Å². The van der Waals surface area contributed by atoms with E-state index in [1.807, 2.05) is 0 Å². The molecule has 5 nitrogen and oxygen atoms in total. The van der Waals surface area contributed by atoms with E-state index in [1.54, 1.807) is 31.4 Å². The van der Waals surface area contributed by atoms with Crippen molar-refractivity contribution >= 4 is 5.97 Å². The zero-order valence-electron chi connectivity index (χ0n) is 8.96. The topological polar surface area (TPSA) is 92.8 Å². The Morgan fingerprint density at radius 1 is 1.44 bits per heavy atom. The van der Waals surface area contributed by atoms with E-state index in [9.17, 15) is 9.90 Å². The Kier molecular flexibility index (Phi) is 4.28. The summed E-state index contributed by atoms with van der Waals surface area (Å²) in [5.41, 5.74) is 6.10. The lowest BCUT2D eigenvalue weighted by Gasteiger charge is -2.14. The summed E-state index contributed by atoms with van der Waals surface area (Å²) in [5.74, 6) is -0.498. The number of nitrogens with two attached hydrogens (primary N) is 1. The molecule has 0 aliphatic heterocycles. The molecule has 1 rings (SSSR count). The van der Waals surface area contributed by atoms with Gasteiger partial charge in [0.25, 0.3) is 0 Å². The minimum atomic E-state index is -1.26. The summed E-state index contributed by atoms with van der Waals surface area (Å²) >= 11 is 0. The lowest BCUT2D eigenvalue weighted by atomic mass is 10.0. The molecule has 88 valence electrons. The summed E-state index contributed by atoms with van der Waals surface area (Å²) in [6.45, 7) is 0. The van der Waals surface area contributed by atoms with Crippen LogP contribution in [0.5, 0.6) is 5.75 Å². The van der Waals surface area contributed by atoms with Crippen LogP contribution in [0.15, 0.2) is 24.3 Å². The number of rotatable bonds is 5. The SMILES string of the molecule is COc1ccc(C[C@@H](O)[C@H](N)C(=O)O)cc1. The van der Waals surface area contributed by atoms with Gasteiger partial charge in [-0.25, -0.2) is 0 Å². The third kappa shape index (κ3) is 3.22. The van der Waals surface area contributed by atoms with Gasteiger partial charge in [0, 0.05) is 6.42 Å². The quantitative estimate of drug-likeness (QED) is 0.656. The Hall–Kier alpha value is -1.59. The van der Waals surface area contributed by atoms with Crippen molar-refractivity contribution in [2.24, 2.45) is 5.73 Å². The van der Waals surface area contributed by atoms with Crippen molar-refractivity contribution in [2.75, 3.05) is 7.11 Å². The minimum absolute atomic E-state index is 0.206. The molecule has 0 saturated heterocycles. The summed E-state index contributed by atoms with van der Waals surface area (Å²) in [7, 11) is 1.56. The monoisotopic (exact) mass is 225 g/mol. The molecule has 0 bridgehead atoms. The molecule has 0 radical (unpaired) electrons. The van der Waals surface area contributed by atoms with Gasteiger partial charge in [-0.3, -0.25) is 4.79 Å². The molecule has 4 N–H and O–H groups in total. The molecule has 16 heavy (non-hydrogen) atoms. The number of carbonyl (C=O) groups is 1. The number of carboxylic acids is 1. The number of aliphatic hydroxyl groups is 1. The molecule has 0 saturated carbocycles. The first-order valence-corrected chi connectivity index (χ1v) is 4.84. The molecule has 0 amide bonds. The standard InChI is InChI=1S/C11H15NO4/c1-16-8-4-2-7(3-5-8)6-9(13)10(12)11(14)15/h2-5,9-10,13H,6,12H2,1H3,(H,14,15)/t9-,10+/m1/s1. The highest BCUT2D eigenvalue weighted by Crippen LogP contribution is 2.13. The molecule has 0 aromatic heterocycles. The van der Waals surface area contributed by atoms with Gasteiger partial charge in [-0.2, -0.15) is 0 Å². The van der Waals surface area contributed by atoms with Gasteiger partial charge in [-0.05, 0) is 17.7 Å². The van der Waals surface area contributed by atoms with Crippen LogP contribution in [0.4, 0.5) is 0 Å². The largest absolute Gasteiger partial charge is 0.497 e. The lowest BCUT2D eigenvalue weighted by Crippen LogP contribution is -2.42. The summed E-state index contributed by atoms with van der Waals surface area (Å²) in [4.78, 5) is 10.5. The van der Waals surface area contributed by atoms with Crippen molar-refractivity contribution in [1.82, 2.24) is 0 Å². The molecule has 2 atom stereocenters. The first-order valence-electron chi connectivity index (χ1n) is 4.84.